The van der Waals surface area contributed by atoms with Gasteiger partial charge in [0.25, 0.3) is 0 Å². The Morgan fingerprint density at radius 3 is 2.60 bits per heavy atom. The third-order valence-electron chi connectivity index (χ3n) is 3.81. The largest absolute Gasteiger partial charge is 0.497 e. The number of likely N-dealkylation sites (N-methyl/N-ethyl adjacent to an activating group) is 1. The first-order valence-corrected chi connectivity index (χ1v) is 6.59. The van der Waals surface area contributed by atoms with Gasteiger partial charge in [0.2, 0.25) is 0 Å². The molecule has 0 aliphatic heterocycles. The summed E-state index contributed by atoms with van der Waals surface area (Å²) in [6.45, 7) is -6.99. The minimum Gasteiger partial charge on any atom is -0.497 e. The molecule has 0 saturated heterocycles. The van der Waals surface area contributed by atoms with Crippen LogP contribution in [0.25, 0.3) is 0 Å². The van der Waals surface area contributed by atoms with Crippen molar-refractivity contribution in [3.05, 3.63) is 29.7 Å². The van der Waals surface area contributed by atoms with Crippen molar-refractivity contribution in [2.45, 2.75) is 43.6 Å². The highest BCUT2D eigenvalue weighted by Crippen LogP contribution is 2.40. The summed E-state index contributed by atoms with van der Waals surface area (Å²) in [5.74, 6) is -2.22. The van der Waals surface area contributed by atoms with Gasteiger partial charge in [0.05, 0.1) is 22.2 Å². The van der Waals surface area contributed by atoms with Gasteiger partial charge in [0, 0.05) is 20.7 Å². The van der Waals surface area contributed by atoms with E-state index in [-0.39, 0.29) is 23.3 Å². The molecule has 3 nitrogen and oxygen atoms in total. The van der Waals surface area contributed by atoms with E-state index in [1.54, 1.807) is 0 Å². The first kappa shape index (κ1) is 5.62. The molecule has 1 saturated carbocycles. The van der Waals surface area contributed by atoms with Crippen LogP contribution in [0.2, 0.25) is 0 Å². The van der Waals surface area contributed by atoms with Gasteiger partial charge >= 0.3 is 0 Å². The summed E-state index contributed by atoms with van der Waals surface area (Å²) >= 11 is 0. The summed E-state index contributed by atoms with van der Waals surface area (Å²) < 4.78 is 105. The maximum Gasteiger partial charge on any atom is 0.118 e. The van der Waals surface area contributed by atoms with Gasteiger partial charge in [-0.1, -0.05) is 31.3 Å². The van der Waals surface area contributed by atoms with Gasteiger partial charge in [-0.05, 0) is 44.4 Å². The molecule has 1 unspecified atom stereocenters. The van der Waals surface area contributed by atoms with Crippen LogP contribution in [0.3, 0.4) is 0 Å². The highest BCUT2D eigenvalue weighted by Gasteiger charge is 2.38. The van der Waals surface area contributed by atoms with E-state index in [1.165, 1.54) is 0 Å². The summed E-state index contributed by atoms with van der Waals surface area (Å²) in [6.07, 6.45) is 2.13. The van der Waals surface area contributed by atoms with Crippen LogP contribution in [-0.2, 0) is 0 Å². The van der Waals surface area contributed by atoms with E-state index >= 15 is 0 Å². The first-order valence-electron chi connectivity index (χ1n) is 13.1. The van der Waals surface area contributed by atoms with Crippen molar-refractivity contribution < 1.29 is 27.7 Å². The lowest BCUT2D eigenvalue weighted by Crippen LogP contribution is -2.42. The molecule has 0 aromatic heterocycles. The van der Waals surface area contributed by atoms with E-state index in [1.807, 2.05) is 0 Å². The Morgan fingerprint density at radius 1 is 1.30 bits per heavy atom. The molecule has 2 rings (SSSR count). The molecule has 1 aromatic rings. The summed E-state index contributed by atoms with van der Waals surface area (Å²) in [6, 6.07) is -3.09. The van der Waals surface area contributed by atoms with Gasteiger partial charge in [-0.25, -0.2) is 0 Å². The molecule has 20 heavy (non-hydrogen) atoms. The predicted molar refractivity (Wildman–Crippen MR) is 82.3 cm³/mol. The maximum absolute atomic E-state index is 11.4. The Morgan fingerprint density at radius 2 is 2.00 bits per heavy atom. The van der Waals surface area contributed by atoms with Crippen LogP contribution in [0.4, 0.5) is 0 Å². The van der Waals surface area contributed by atoms with Crippen LogP contribution < -0.4 is 4.74 Å². The van der Waals surface area contributed by atoms with E-state index < -0.39 is 69.0 Å². The smallest absolute Gasteiger partial charge is 0.118 e. The lowest BCUT2D eigenvalue weighted by atomic mass is 9.72. The number of rotatable bonds is 5. The van der Waals surface area contributed by atoms with Crippen molar-refractivity contribution in [2.24, 2.45) is 0 Å². The molecule has 112 valence electrons. The van der Waals surface area contributed by atoms with Crippen LogP contribution in [0, 0.1) is 0 Å². The fourth-order valence-electron chi connectivity index (χ4n) is 2.76. The zero-order valence-electron chi connectivity index (χ0n) is 24.1. The maximum atomic E-state index is 11.4. The average molecular weight is 290 g/mol. The standard InChI is InChI=1S/C17H27NO2/c1-18(2)13-16(17(19)11-5-4-6-12-17)14-7-9-15(20-3)10-8-14/h7-10,16,19H,4-6,11-13H2,1-3H3/i1D3,2D3,3D3,7D,8D,9D,10D. The number of ether oxygens (including phenoxy) is 1. The van der Waals surface area contributed by atoms with Crippen molar-refractivity contribution in [1.29, 1.82) is 0 Å². The van der Waals surface area contributed by atoms with E-state index in [2.05, 4.69) is 4.74 Å². The average Bonchev–Trinajstić information content (AvgIpc) is 2.64. The van der Waals surface area contributed by atoms with Gasteiger partial charge in [-0.3, -0.25) is 0 Å². The quantitative estimate of drug-likeness (QED) is 0.905. The van der Waals surface area contributed by atoms with Crippen molar-refractivity contribution in [2.75, 3.05) is 27.5 Å². The molecule has 1 aliphatic rings. The van der Waals surface area contributed by atoms with Crippen molar-refractivity contribution in [3.63, 3.8) is 0 Å². The van der Waals surface area contributed by atoms with Crippen LogP contribution in [0.5, 0.6) is 5.75 Å². The molecule has 1 aliphatic carbocycles. The summed E-state index contributed by atoms with van der Waals surface area (Å²) in [5, 5.41) is 11.4. The molecule has 1 fully saturated rings. The van der Waals surface area contributed by atoms with Gasteiger partial charge in [-0.2, -0.15) is 0 Å². The number of nitrogens with zero attached hydrogens (tertiary/aromatic N) is 1. The normalized spacial score (nSPS) is 31.2. The number of aliphatic hydroxyl groups is 1. The molecule has 1 N–H and O–H groups in total. The van der Waals surface area contributed by atoms with E-state index in [4.69, 9.17) is 17.8 Å². The summed E-state index contributed by atoms with van der Waals surface area (Å²) in [7, 11) is -3.05. The Balaban J connectivity index is 2.75. The van der Waals surface area contributed by atoms with E-state index in [9.17, 15) is 5.11 Å². The lowest BCUT2D eigenvalue weighted by Gasteiger charge is -2.40. The highest BCUT2D eigenvalue weighted by atomic mass is 16.5. The molecule has 0 radical (unpaired) electrons. The molecule has 0 amide bonds. The molecular formula is C17H27NO2. The molecule has 1 aromatic carbocycles. The fraction of sp³-hybridized carbons (Fsp3) is 0.647. The first-order chi connectivity index (χ1) is 14.8. The van der Waals surface area contributed by atoms with Crippen molar-refractivity contribution in [1.82, 2.24) is 4.90 Å². The second-order valence-corrected chi connectivity index (χ2v) is 5.17. The third kappa shape index (κ3) is 3.53. The molecule has 1 atom stereocenters. The Hall–Kier alpha value is -1.06. The van der Waals surface area contributed by atoms with Gasteiger partial charge < -0.3 is 14.7 Å². The number of hydrogen-bond donors (Lipinski definition) is 1. The van der Waals surface area contributed by atoms with Crippen molar-refractivity contribution >= 4 is 0 Å². The van der Waals surface area contributed by atoms with Crippen LogP contribution >= 0.6 is 0 Å². The van der Waals surface area contributed by atoms with E-state index in [0.29, 0.717) is 12.8 Å². The Bertz CT molecular complexity index is 813. The van der Waals surface area contributed by atoms with Gasteiger partial charge in [0.15, 0.2) is 0 Å². The monoisotopic (exact) mass is 290 g/mol. The third-order valence-corrected chi connectivity index (χ3v) is 3.81. The summed E-state index contributed by atoms with van der Waals surface area (Å²) in [5.41, 5.74) is -2.07. The SMILES string of the molecule is [2H]c1c([2H])c(C(CN(C([2H])([2H])[2H])C([2H])([2H])[2H])C2(O)CCCCC2)c([2H])c([2H])c1OC([2H])([2H])[2H]. The highest BCUT2D eigenvalue weighted by molar-refractivity contribution is 5.31. The lowest BCUT2D eigenvalue weighted by molar-refractivity contribution is -0.0277. The second-order valence-electron chi connectivity index (χ2n) is 5.17. The molecule has 0 spiro atoms. The minimum atomic E-state index is -3.10. The van der Waals surface area contributed by atoms with Crippen molar-refractivity contribution in [3.8, 4) is 5.75 Å². The number of benzene rings is 1. The van der Waals surface area contributed by atoms with Crippen LogP contribution in [0.15, 0.2) is 24.2 Å². The summed E-state index contributed by atoms with van der Waals surface area (Å²) in [4.78, 5) is 0.218. The number of hydrogen-bond acceptors (Lipinski definition) is 3. The Labute approximate surface area is 140 Å². The predicted octanol–water partition coefficient (Wildman–Crippen LogP) is 3.04. The van der Waals surface area contributed by atoms with Gasteiger partial charge in [0.1, 0.15) is 5.75 Å². The second kappa shape index (κ2) is 6.59. The Kier molecular flexibility index (Phi) is 1.85. The zero-order valence-corrected chi connectivity index (χ0v) is 11.1. The minimum absolute atomic E-state index is 0.139. The van der Waals surface area contributed by atoms with Gasteiger partial charge in [-0.15, -0.1) is 0 Å². The zero-order chi connectivity index (χ0) is 25.6. The molecule has 0 heterocycles. The van der Waals surface area contributed by atoms with Crippen LogP contribution in [-0.4, -0.2) is 43.1 Å². The molecule has 3 heteroatoms. The topological polar surface area (TPSA) is 32.7 Å². The number of methoxy groups -OCH3 is 1. The molecule has 0 bridgehead atoms. The molecular weight excluding hydrogens is 250 g/mol. The fourth-order valence-corrected chi connectivity index (χ4v) is 2.76. The van der Waals surface area contributed by atoms with E-state index in [0.717, 1.165) is 6.42 Å². The van der Waals surface area contributed by atoms with Crippen LogP contribution in [0.1, 0.15) is 61.4 Å².